The Labute approximate surface area is 74.1 Å². The van der Waals surface area contributed by atoms with Crippen LogP contribution in [0, 0.1) is 0 Å². The summed E-state index contributed by atoms with van der Waals surface area (Å²) in [6, 6.07) is 0. The number of rotatable bonds is 1. The van der Waals surface area contributed by atoms with E-state index in [-0.39, 0.29) is 5.91 Å². The smallest absolute Gasteiger partial charge is 0.308 e. The molecule has 1 aromatic heterocycles. The van der Waals surface area contributed by atoms with Crippen molar-refractivity contribution in [3.8, 4) is 0 Å². The van der Waals surface area contributed by atoms with Gasteiger partial charge in [-0.3, -0.25) is 10.1 Å². The van der Waals surface area contributed by atoms with Crippen molar-refractivity contribution >= 4 is 29.6 Å². The molecule has 2 N–H and O–H groups in total. The zero-order valence-corrected chi connectivity index (χ0v) is 6.90. The van der Waals surface area contributed by atoms with Crippen molar-refractivity contribution in [1.82, 2.24) is 15.0 Å². The topological polar surface area (TPSA) is 81.0 Å². The van der Waals surface area contributed by atoms with E-state index in [0.717, 1.165) is 0 Å². The highest BCUT2D eigenvalue weighted by molar-refractivity contribution is 5.98. The van der Waals surface area contributed by atoms with Crippen molar-refractivity contribution < 1.29 is 4.79 Å². The molecule has 0 saturated heterocycles. The van der Waals surface area contributed by atoms with Gasteiger partial charge in [0.1, 0.15) is 0 Å². The highest BCUT2D eigenvalue weighted by atomic mass is 16.1. The second-order valence-electron chi connectivity index (χ2n) is 2.50. The molecule has 0 fully saturated rings. The van der Waals surface area contributed by atoms with Gasteiger partial charge in [0.05, 0.1) is 0 Å². The lowest BCUT2D eigenvalue weighted by molar-refractivity contribution is -0.114. The molecule has 1 aliphatic rings. The van der Waals surface area contributed by atoms with Crippen LogP contribution in [0.4, 0.5) is 17.3 Å². The lowest BCUT2D eigenvalue weighted by atomic mass is 10.4. The third kappa shape index (κ3) is 1.33. The molecule has 65 valence electrons. The van der Waals surface area contributed by atoms with Crippen LogP contribution in [0.2, 0.25) is 0 Å². The fraction of sp³-hybridized carbons (Fsp3) is 0.143. The second-order valence-corrected chi connectivity index (χ2v) is 2.50. The number of aliphatic imine (C=N–C) groups is 1. The number of hydrogen-bond donors (Lipinski definition) is 2. The number of nitrogens with one attached hydrogen (secondary N) is 2. The highest BCUT2D eigenvalue weighted by Gasteiger charge is 2.22. The molecular formula is C7H7N5O+. The summed E-state index contributed by atoms with van der Waals surface area (Å²) in [5.74, 6) is 0.823. The molecule has 0 bridgehead atoms. The van der Waals surface area contributed by atoms with E-state index in [1.807, 2.05) is 0 Å². The largest absolute Gasteiger partial charge is 0.341 e. The second kappa shape index (κ2) is 2.81. The first-order chi connectivity index (χ1) is 6.27. The molecule has 0 spiro atoms. The van der Waals surface area contributed by atoms with E-state index in [2.05, 4.69) is 25.6 Å². The van der Waals surface area contributed by atoms with Crippen LogP contribution in [0.1, 0.15) is 6.92 Å². The Bertz CT molecular complexity index is 386. The third-order valence-electron chi connectivity index (χ3n) is 1.52. The zero-order chi connectivity index (χ0) is 9.26. The maximum atomic E-state index is 10.8. The predicted molar refractivity (Wildman–Crippen MR) is 47.8 cm³/mol. The molecule has 1 radical (unpaired) electrons. The summed E-state index contributed by atoms with van der Waals surface area (Å²) in [6.45, 7) is 1.42. The Morgan fingerprint density at radius 1 is 1.62 bits per heavy atom. The number of nitrogens with zero attached hydrogens (tertiary/aromatic N) is 3. The lowest BCUT2D eigenvalue weighted by Crippen LogP contribution is -2.09. The summed E-state index contributed by atoms with van der Waals surface area (Å²) in [7, 11) is 0. The van der Waals surface area contributed by atoms with Gasteiger partial charge in [-0.2, -0.15) is 4.98 Å². The van der Waals surface area contributed by atoms with Crippen LogP contribution in [0.15, 0.2) is 6.33 Å². The lowest BCUT2D eigenvalue weighted by Gasteiger charge is -2.00. The Kier molecular flexibility index (Phi) is 1.66. The standard InChI is InChI=1S/C7H7N5O/c1-4(13)12-7-5-6(9-2-8-5)10-3-11-7/h2-3,8H,1H3,(H,10,11,12,13)/q+1. The van der Waals surface area contributed by atoms with Crippen molar-refractivity contribution in [1.29, 1.82) is 0 Å². The average Bonchev–Trinajstić information content (AvgIpc) is 2.51. The summed E-state index contributed by atoms with van der Waals surface area (Å²) in [6.07, 6.45) is 2.86. The van der Waals surface area contributed by atoms with Crippen molar-refractivity contribution in [2.45, 2.75) is 6.92 Å². The molecule has 13 heavy (non-hydrogen) atoms. The van der Waals surface area contributed by atoms with Crippen molar-refractivity contribution in [3.05, 3.63) is 6.33 Å². The molecule has 2 heterocycles. The number of hydrogen-bond acceptors (Lipinski definition) is 5. The first-order valence-electron chi connectivity index (χ1n) is 3.69. The summed E-state index contributed by atoms with van der Waals surface area (Å²) >= 11 is 0. The van der Waals surface area contributed by atoms with Crippen LogP contribution in [-0.2, 0) is 4.79 Å². The van der Waals surface area contributed by atoms with E-state index in [1.165, 1.54) is 19.6 Å². The Morgan fingerprint density at radius 2 is 2.46 bits per heavy atom. The molecule has 1 aliphatic heterocycles. The van der Waals surface area contributed by atoms with Gasteiger partial charge in [-0.1, -0.05) is 9.98 Å². The summed E-state index contributed by atoms with van der Waals surface area (Å²) in [5.41, 5.74) is 0.637. The van der Waals surface area contributed by atoms with Gasteiger partial charge in [0.2, 0.25) is 17.9 Å². The summed E-state index contributed by atoms with van der Waals surface area (Å²) in [4.78, 5) is 22.5. The maximum Gasteiger partial charge on any atom is 0.341 e. The number of carbonyl (C=O) groups is 1. The fourth-order valence-electron chi connectivity index (χ4n) is 1.03. The SMILES string of the molecule is CC(=O)Nc1ncnc2c1NC=[N+]2. The fourth-order valence-corrected chi connectivity index (χ4v) is 1.03. The van der Waals surface area contributed by atoms with Crippen LogP contribution in [0.3, 0.4) is 0 Å². The van der Waals surface area contributed by atoms with Crippen molar-refractivity contribution in [2.24, 2.45) is 0 Å². The molecular weight excluding hydrogens is 170 g/mol. The molecule has 1 amide bonds. The van der Waals surface area contributed by atoms with Crippen LogP contribution in [0.25, 0.3) is 0 Å². The van der Waals surface area contributed by atoms with Gasteiger partial charge in [-0.25, -0.2) is 0 Å². The molecule has 6 heteroatoms. The minimum absolute atomic E-state index is 0.172. The van der Waals surface area contributed by atoms with E-state index in [0.29, 0.717) is 17.3 Å². The normalized spacial score (nSPS) is 12.1. The van der Waals surface area contributed by atoms with E-state index >= 15 is 0 Å². The first-order valence-corrected chi connectivity index (χ1v) is 3.69. The van der Waals surface area contributed by atoms with Gasteiger partial charge in [0, 0.05) is 6.92 Å². The molecule has 0 atom stereocenters. The molecule has 1 aromatic rings. The van der Waals surface area contributed by atoms with Crippen molar-refractivity contribution in [2.75, 3.05) is 10.6 Å². The van der Waals surface area contributed by atoms with Crippen LogP contribution >= 0.6 is 0 Å². The van der Waals surface area contributed by atoms with Crippen LogP contribution in [-0.4, -0.2) is 22.2 Å². The molecule has 0 saturated carbocycles. The van der Waals surface area contributed by atoms with Gasteiger partial charge in [-0.15, -0.1) is 0 Å². The molecule has 6 nitrogen and oxygen atoms in total. The first kappa shape index (κ1) is 7.66. The van der Waals surface area contributed by atoms with E-state index < -0.39 is 0 Å². The molecule has 0 aromatic carbocycles. The maximum absolute atomic E-state index is 10.8. The summed E-state index contributed by atoms with van der Waals surface area (Å²) in [5, 5.41) is 5.42. The third-order valence-corrected chi connectivity index (χ3v) is 1.52. The number of aromatic nitrogens is 2. The Balaban J connectivity index is 2.38. The summed E-state index contributed by atoms with van der Waals surface area (Å²) < 4.78 is 0. The van der Waals surface area contributed by atoms with E-state index in [4.69, 9.17) is 0 Å². The monoisotopic (exact) mass is 177 g/mol. The minimum atomic E-state index is -0.172. The Morgan fingerprint density at radius 3 is 3.23 bits per heavy atom. The minimum Gasteiger partial charge on any atom is -0.308 e. The zero-order valence-electron chi connectivity index (χ0n) is 6.90. The number of amides is 1. The van der Waals surface area contributed by atoms with Gasteiger partial charge in [-0.05, 0) is 0 Å². The predicted octanol–water partition coefficient (Wildman–Crippen LogP) is -0.144. The molecule has 2 rings (SSSR count). The van der Waals surface area contributed by atoms with Crippen molar-refractivity contribution in [3.63, 3.8) is 0 Å². The number of fused-ring (bicyclic) bond motifs is 1. The molecule has 0 aliphatic carbocycles. The Hall–Kier alpha value is -1.98. The van der Waals surface area contributed by atoms with Crippen LogP contribution < -0.4 is 15.6 Å². The van der Waals surface area contributed by atoms with Crippen LogP contribution in [0.5, 0.6) is 0 Å². The highest BCUT2D eigenvalue weighted by Crippen LogP contribution is 2.26. The van der Waals surface area contributed by atoms with E-state index in [9.17, 15) is 4.79 Å². The van der Waals surface area contributed by atoms with E-state index in [1.54, 1.807) is 0 Å². The quantitative estimate of drug-likeness (QED) is 0.625. The molecule has 0 unspecified atom stereocenters. The van der Waals surface area contributed by atoms with Gasteiger partial charge in [0.15, 0.2) is 12.1 Å². The average molecular weight is 177 g/mol. The van der Waals surface area contributed by atoms with Gasteiger partial charge in [0.25, 0.3) is 0 Å². The van der Waals surface area contributed by atoms with Gasteiger partial charge >= 0.3 is 5.82 Å². The van der Waals surface area contributed by atoms with Gasteiger partial charge < -0.3 is 5.32 Å². The number of carbonyl (C=O) groups excluding carboxylic acids is 1. The number of anilines is 2.